The van der Waals surface area contributed by atoms with Crippen LogP contribution in [0.3, 0.4) is 0 Å². The van der Waals surface area contributed by atoms with E-state index in [1.54, 1.807) is 0 Å². The Morgan fingerprint density at radius 2 is 0.778 bits per heavy atom. The van der Waals surface area contributed by atoms with E-state index in [-0.39, 0.29) is 0 Å². The zero-order valence-electron chi connectivity index (χ0n) is 19.1. The molecule has 0 amide bonds. The van der Waals surface area contributed by atoms with Gasteiger partial charge in [0.15, 0.2) is 0 Å². The van der Waals surface area contributed by atoms with Gasteiger partial charge in [-0.2, -0.15) is 0 Å². The molecule has 0 N–H and O–H groups in total. The topological polar surface area (TPSA) is 28.2 Å². The van der Waals surface area contributed by atoms with Crippen LogP contribution in [0.5, 0.6) is 0 Å². The van der Waals surface area contributed by atoms with Crippen molar-refractivity contribution in [3.05, 3.63) is 0 Å². The molecule has 27 heavy (non-hydrogen) atoms. The summed E-state index contributed by atoms with van der Waals surface area (Å²) in [7, 11) is 0. The maximum absolute atomic E-state index is 5.33. The van der Waals surface area contributed by atoms with Gasteiger partial charge in [-0.15, -0.1) is 0 Å². The van der Waals surface area contributed by atoms with E-state index in [0.29, 0.717) is 12.1 Å². The van der Waals surface area contributed by atoms with Gasteiger partial charge in [0.25, 0.3) is 0 Å². The Morgan fingerprint density at radius 1 is 0.444 bits per heavy atom. The Hall–Kier alpha value is -0.200. The molecule has 0 saturated carbocycles. The molecule has 0 atom stereocenters. The van der Waals surface area contributed by atoms with Crippen LogP contribution in [-0.2, 0) is 9.47 Å². The van der Waals surface area contributed by atoms with Crippen molar-refractivity contribution in [1.29, 1.82) is 0 Å². The minimum absolute atomic E-state index is 0.682. The molecule has 0 aromatic carbocycles. The fraction of sp³-hybridized carbons (Fsp3) is 1.00. The predicted octanol–water partition coefficient (Wildman–Crippen LogP) is 3.33. The van der Waals surface area contributed by atoms with Crippen LogP contribution in [0.25, 0.3) is 0 Å². The lowest BCUT2D eigenvalue weighted by molar-refractivity contribution is 0.0238. The van der Waals surface area contributed by atoms with Gasteiger partial charge in [-0.05, 0) is 73.9 Å². The molecule has 0 spiro atoms. The van der Waals surface area contributed by atoms with Crippen LogP contribution in [-0.4, -0.2) is 98.5 Å². The van der Waals surface area contributed by atoms with Crippen molar-refractivity contribution in [3.8, 4) is 0 Å². The maximum Gasteiger partial charge on any atom is 0.0594 e. The molecule has 0 radical (unpaired) electrons. The summed E-state index contributed by atoms with van der Waals surface area (Å²) >= 11 is 0. The van der Waals surface area contributed by atoms with Gasteiger partial charge in [0.2, 0.25) is 0 Å². The van der Waals surface area contributed by atoms with Gasteiger partial charge >= 0.3 is 0 Å². The van der Waals surface area contributed by atoms with E-state index < -0.39 is 0 Å². The normalized spacial score (nSPS) is 23.0. The van der Waals surface area contributed by atoms with E-state index in [0.717, 1.165) is 52.1 Å². The first-order chi connectivity index (χ1) is 12.9. The summed E-state index contributed by atoms with van der Waals surface area (Å²) in [5, 5.41) is 0. The van der Waals surface area contributed by atoms with Crippen molar-refractivity contribution in [1.82, 2.24) is 14.7 Å². The predicted molar refractivity (Wildman–Crippen MR) is 116 cm³/mol. The van der Waals surface area contributed by atoms with Gasteiger partial charge in [-0.25, -0.2) is 0 Å². The summed E-state index contributed by atoms with van der Waals surface area (Å²) in [6.45, 7) is 24.4. The second kappa shape index (κ2) is 14.7. The largest absolute Gasteiger partial charge is 0.380 e. The fourth-order valence-electron chi connectivity index (χ4n) is 3.63. The molecule has 3 rings (SSSR count). The number of nitrogens with zero attached hydrogens (tertiary/aromatic N) is 3. The van der Waals surface area contributed by atoms with E-state index in [9.17, 15) is 0 Å². The van der Waals surface area contributed by atoms with Gasteiger partial charge in [0.05, 0.1) is 19.8 Å². The fourth-order valence-corrected chi connectivity index (χ4v) is 3.63. The third-order valence-corrected chi connectivity index (χ3v) is 5.63. The molecular weight excluding hydrogens is 338 g/mol. The highest BCUT2D eigenvalue weighted by molar-refractivity contribution is 4.69. The number of likely N-dealkylation sites (tertiary alicyclic amines) is 1. The Kier molecular flexibility index (Phi) is 13.6. The van der Waals surface area contributed by atoms with Crippen LogP contribution < -0.4 is 0 Å². The number of rotatable bonds is 3. The second-order valence-corrected chi connectivity index (χ2v) is 8.67. The first-order valence-electron chi connectivity index (χ1n) is 11.3. The summed E-state index contributed by atoms with van der Waals surface area (Å²) in [5.74, 6) is 0. The van der Waals surface area contributed by atoms with Gasteiger partial charge in [0.1, 0.15) is 0 Å². The lowest BCUT2D eigenvalue weighted by atomic mass is 10.3. The average Bonchev–Trinajstić information content (AvgIpc) is 3.06. The van der Waals surface area contributed by atoms with E-state index >= 15 is 0 Å². The highest BCUT2D eigenvalue weighted by atomic mass is 16.5. The highest BCUT2D eigenvalue weighted by Gasteiger charge is 2.13. The third-order valence-electron chi connectivity index (χ3n) is 5.63. The average molecular weight is 386 g/mol. The lowest BCUT2D eigenvalue weighted by Crippen LogP contribution is -2.40. The molecule has 3 aliphatic heterocycles. The Balaban J connectivity index is 0.000000204. The van der Waals surface area contributed by atoms with E-state index in [1.807, 2.05) is 0 Å². The van der Waals surface area contributed by atoms with Crippen molar-refractivity contribution >= 4 is 0 Å². The molecule has 3 heterocycles. The molecular formula is C22H47N3O2. The Bertz CT molecular complexity index is 330. The van der Waals surface area contributed by atoms with Gasteiger partial charge < -0.3 is 14.4 Å². The van der Waals surface area contributed by atoms with Crippen molar-refractivity contribution in [2.45, 2.75) is 78.9 Å². The summed E-state index contributed by atoms with van der Waals surface area (Å²) in [6, 6.07) is 2.15. The summed E-state index contributed by atoms with van der Waals surface area (Å²) < 4.78 is 10.5. The molecule has 3 aliphatic rings. The van der Waals surface area contributed by atoms with Crippen LogP contribution in [0.15, 0.2) is 0 Å². The zero-order valence-corrected chi connectivity index (χ0v) is 19.1. The van der Waals surface area contributed by atoms with Gasteiger partial charge in [-0.1, -0.05) is 0 Å². The molecule has 0 bridgehead atoms. The Labute approximate surface area is 169 Å². The minimum Gasteiger partial charge on any atom is -0.380 e. The molecule has 0 unspecified atom stereocenters. The molecule has 5 heteroatoms. The molecule has 3 fully saturated rings. The number of morpholine rings is 1. The first-order valence-corrected chi connectivity index (χ1v) is 11.3. The molecule has 0 aliphatic carbocycles. The third kappa shape index (κ3) is 11.4. The van der Waals surface area contributed by atoms with Crippen molar-refractivity contribution < 1.29 is 9.47 Å². The first kappa shape index (κ1) is 24.8. The standard InChI is InChI=1S/C8H17NO.C7H15NO.C7H15N/c1-8(2)9-4-3-6-10-7-5-9;1-7(2)8-3-5-9-6-4-8;1-7(2)8-5-3-4-6-8/h8H,3-7H2,1-2H3;7H,3-6H2,1-2H3;7H,3-6H2,1-2H3. The number of hydrogen-bond acceptors (Lipinski definition) is 5. The van der Waals surface area contributed by atoms with Crippen molar-refractivity contribution in [3.63, 3.8) is 0 Å². The summed E-state index contributed by atoms with van der Waals surface area (Å²) in [5.41, 5.74) is 0. The number of ether oxygens (including phenoxy) is 2. The molecule has 162 valence electrons. The van der Waals surface area contributed by atoms with E-state index in [4.69, 9.17) is 9.47 Å². The lowest BCUT2D eigenvalue weighted by Gasteiger charge is -2.29. The number of hydrogen-bond donors (Lipinski definition) is 0. The molecule has 5 nitrogen and oxygen atoms in total. The van der Waals surface area contributed by atoms with Gasteiger partial charge in [0, 0.05) is 50.9 Å². The second-order valence-electron chi connectivity index (χ2n) is 8.67. The molecule has 0 aromatic rings. The van der Waals surface area contributed by atoms with Gasteiger partial charge in [-0.3, -0.25) is 9.80 Å². The van der Waals surface area contributed by atoms with Crippen LogP contribution >= 0.6 is 0 Å². The monoisotopic (exact) mass is 385 g/mol. The molecule has 0 aromatic heterocycles. The van der Waals surface area contributed by atoms with Crippen LogP contribution in [0, 0.1) is 0 Å². The van der Waals surface area contributed by atoms with E-state index in [2.05, 4.69) is 56.2 Å². The van der Waals surface area contributed by atoms with Crippen LogP contribution in [0.4, 0.5) is 0 Å². The van der Waals surface area contributed by atoms with E-state index in [1.165, 1.54) is 38.9 Å². The highest BCUT2D eigenvalue weighted by Crippen LogP contribution is 2.10. The van der Waals surface area contributed by atoms with Crippen molar-refractivity contribution in [2.24, 2.45) is 0 Å². The summed E-state index contributed by atoms with van der Waals surface area (Å²) in [4.78, 5) is 7.43. The minimum atomic E-state index is 0.682. The SMILES string of the molecule is CC(C)N1CCCC1.CC(C)N1CCCOCC1.CC(C)N1CCOCC1. The maximum atomic E-state index is 5.33. The zero-order chi connectivity index (χ0) is 20.1. The summed E-state index contributed by atoms with van der Waals surface area (Å²) in [6.07, 6.45) is 4.02. The van der Waals surface area contributed by atoms with Crippen LogP contribution in [0.2, 0.25) is 0 Å². The Morgan fingerprint density at radius 3 is 1.19 bits per heavy atom. The molecule has 3 saturated heterocycles. The van der Waals surface area contributed by atoms with Crippen molar-refractivity contribution in [2.75, 3.05) is 65.7 Å². The van der Waals surface area contributed by atoms with Crippen LogP contribution in [0.1, 0.15) is 60.8 Å². The smallest absolute Gasteiger partial charge is 0.0594 e. The quantitative estimate of drug-likeness (QED) is 0.743.